The molecule has 0 radical (unpaired) electrons. The van der Waals surface area contributed by atoms with Crippen LogP contribution in [-0.4, -0.2) is 12.2 Å². The van der Waals surface area contributed by atoms with Gasteiger partial charge < -0.3 is 10.5 Å². The molecular formula is C10H7ClF3NO. The first-order valence-corrected chi connectivity index (χ1v) is 4.66. The summed E-state index contributed by atoms with van der Waals surface area (Å²) in [5.74, 6) is 4.71. The molecule has 16 heavy (non-hydrogen) atoms. The third-order valence-electron chi connectivity index (χ3n) is 1.54. The van der Waals surface area contributed by atoms with E-state index in [2.05, 4.69) is 16.6 Å². The van der Waals surface area contributed by atoms with Crippen molar-refractivity contribution in [2.24, 2.45) is 0 Å². The van der Waals surface area contributed by atoms with Crippen LogP contribution in [0.1, 0.15) is 5.56 Å². The summed E-state index contributed by atoms with van der Waals surface area (Å²) in [5, 5.41) is 0. The van der Waals surface area contributed by atoms with E-state index in [1.807, 2.05) is 0 Å². The van der Waals surface area contributed by atoms with Crippen molar-refractivity contribution in [3.8, 4) is 17.6 Å². The Labute approximate surface area is 95.1 Å². The van der Waals surface area contributed by atoms with Crippen molar-refractivity contribution in [2.75, 3.05) is 11.6 Å². The molecule has 2 nitrogen and oxygen atoms in total. The van der Waals surface area contributed by atoms with Crippen molar-refractivity contribution in [3.05, 3.63) is 23.8 Å². The van der Waals surface area contributed by atoms with Gasteiger partial charge in [-0.3, -0.25) is 0 Å². The van der Waals surface area contributed by atoms with Crippen LogP contribution in [0.15, 0.2) is 18.2 Å². The highest BCUT2D eigenvalue weighted by Gasteiger charge is 2.31. The Morgan fingerprint density at radius 1 is 1.38 bits per heavy atom. The van der Waals surface area contributed by atoms with Crippen LogP contribution in [-0.2, 0) is 0 Å². The van der Waals surface area contributed by atoms with E-state index >= 15 is 0 Å². The Kier molecular flexibility index (Phi) is 3.91. The molecule has 0 saturated heterocycles. The molecule has 0 amide bonds. The number of benzene rings is 1. The monoisotopic (exact) mass is 249 g/mol. The summed E-state index contributed by atoms with van der Waals surface area (Å²) in [6.07, 6.45) is -4.77. The zero-order chi connectivity index (χ0) is 12.2. The third-order valence-corrected chi connectivity index (χ3v) is 1.67. The van der Waals surface area contributed by atoms with Gasteiger partial charge in [0.2, 0.25) is 0 Å². The number of nitrogen functional groups attached to an aromatic ring is 1. The van der Waals surface area contributed by atoms with E-state index in [-0.39, 0.29) is 11.6 Å². The van der Waals surface area contributed by atoms with Crippen LogP contribution in [0.3, 0.4) is 0 Å². The fourth-order valence-corrected chi connectivity index (χ4v) is 1.03. The van der Waals surface area contributed by atoms with Gasteiger partial charge in [0.1, 0.15) is 0 Å². The minimum Gasteiger partial charge on any atom is -0.404 e. The highest BCUT2D eigenvalue weighted by Crippen LogP contribution is 2.28. The summed E-state index contributed by atoms with van der Waals surface area (Å²) in [6, 6.07) is 3.89. The molecule has 1 aromatic carbocycles. The summed E-state index contributed by atoms with van der Waals surface area (Å²) >= 11 is 5.32. The zero-order valence-corrected chi connectivity index (χ0v) is 8.69. The lowest BCUT2D eigenvalue weighted by Crippen LogP contribution is -2.18. The van der Waals surface area contributed by atoms with Crippen LogP contribution >= 0.6 is 11.6 Å². The van der Waals surface area contributed by atoms with Gasteiger partial charge in [-0.1, -0.05) is 11.8 Å². The zero-order valence-electron chi connectivity index (χ0n) is 7.94. The minimum atomic E-state index is -4.77. The predicted octanol–water partition coefficient (Wildman–Crippen LogP) is 2.76. The number of alkyl halides is 4. The molecular weight excluding hydrogens is 243 g/mol. The molecule has 2 N–H and O–H groups in total. The Bertz CT molecular complexity index is 434. The first-order valence-electron chi connectivity index (χ1n) is 4.12. The minimum absolute atomic E-state index is 0.0971. The van der Waals surface area contributed by atoms with E-state index in [4.69, 9.17) is 17.3 Å². The molecule has 1 rings (SSSR count). The average Bonchev–Trinajstić information content (AvgIpc) is 2.17. The van der Waals surface area contributed by atoms with Crippen LogP contribution in [0.2, 0.25) is 0 Å². The molecule has 0 fully saturated rings. The van der Waals surface area contributed by atoms with Crippen molar-refractivity contribution in [3.63, 3.8) is 0 Å². The van der Waals surface area contributed by atoms with Gasteiger partial charge in [-0.25, -0.2) is 0 Å². The van der Waals surface area contributed by atoms with E-state index < -0.39 is 12.1 Å². The number of halogens is 4. The molecule has 0 aliphatic heterocycles. The number of hydrogen-bond acceptors (Lipinski definition) is 2. The molecule has 0 saturated carbocycles. The van der Waals surface area contributed by atoms with Crippen LogP contribution < -0.4 is 10.5 Å². The smallest absolute Gasteiger partial charge is 0.404 e. The van der Waals surface area contributed by atoms with Crippen molar-refractivity contribution in [1.29, 1.82) is 0 Å². The highest BCUT2D eigenvalue weighted by atomic mass is 35.5. The van der Waals surface area contributed by atoms with Crippen LogP contribution in [0.5, 0.6) is 5.75 Å². The fraction of sp³-hybridized carbons (Fsp3) is 0.200. The molecule has 6 heteroatoms. The van der Waals surface area contributed by atoms with Gasteiger partial charge >= 0.3 is 6.36 Å². The van der Waals surface area contributed by atoms with Gasteiger partial charge in [-0.2, -0.15) is 0 Å². The molecule has 0 spiro atoms. The summed E-state index contributed by atoms with van der Waals surface area (Å²) in [6.45, 7) is 0. The van der Waals surface area contributed by atoms with Gasteiger partial charge in [0.15, 0.2) is 5.75 Å². The number of anilines is 1. The van der Waals surface area contributed by atoms with E-state index in [0.29, 0.717) is 5.56 Å². The maximum atomic E-state index is 12.0. The second kappa shape index (κ2) is 4.99. The van der Waals surface area contributed by atoms with Gasteiger partial charge in [0.25, 0.3) is 0 Å². The maximum Gasteiger partial charge on any atom is 0.573 e. The standard InChI is InChI=1S/C10H7ClF3NO/c11-5-1-2-7-3-4-8(15)9(6-7)16-10(12,13)14/h3-4,6H,5,15H2. The quantitative estimate of drug-likeness (QED) is 0.472. The number of rotatable bonds is 1. The lowest BCUT2D eigenvalue weighted by Gasteiger charge is -2.10. The van der Waals surface area contributed by atoms with E-state index in [9.17, 15) is 13.2 Å². The SMILES string of the molecule is Nc1ccc(C#CCCl)cc1OC(F)(F)F. The number of ether oxygens (including phenoxy) is 1. The van der Waals surface area contributed by atoms with Gasteiger partial charge in [0.05, 0.1) is 11.6 Å². The van der Waals surface area contributed by atoms with Crippen LogP contribution in [0, 0.1) is 11.8 Å². The van der Waals surface area contributed by atoms with E-state index in [1.54, 1.807) is 0 Å². The molecule has 0 aromatic heterocycles. The normalized spacial score (nSPS) is 10.5. The topological polar surface area (TPSA) is 35.2 Å². The summed E-state index contributed by atoms with van der Waals surface area (Å²) in [4.78, 5) is 0. The van der Waals surface area contributed by atoms with Gasteiger partial charge in [-0.15, -0.1) is 24.8 Å². The Morgan fingerprint density at radius 3 is 2.62 bits per heavy atom. The summed E-state index contributed by atoms with van der Waals surface area (Å²) in [7, 11) is 0. The van der Waals surface area contributed by atoms with Crippen LogP contribution in [0.4, 0.5) is 18.9 Å². The van der Waals surface area contributed by atoms with Gasteiger partial charge in [-0.05, 0) is 18.2 Å². The summed E-state index contributed by atoms with van der Waals surface area (Å²) in [5.41, 5.74) is 5.58. The van der Waals surface area contributed by atoms with Gasteiger partial charge in [0, 0.05) is 5.56 Å². The molecule has 0 atom stereocenters. The van der Waals surface area contributed by atoms with Crippen molar-refractivity contribution in [1.82, 2.24) is 0 Å². The third kappa shape index (κ3) is 3.91. The number of hydrogen-bond donors (Lipinski definition) is 1. The maximum absolute atomic E-state index is 12.0. The Balaban J connectivity index is 2.99. The first-order chi connectivity index (χ1) is 7.42. The van der Waals surface area contributed by atoms with Crippen LogP contribution in [0.25, 0.3) is 0 Å². The molecule has 0 unspecified atom stereocenters. The Hall–Kier alpha value is -1.54. The van der Waals surface area contributed by atoms with Crippen molar-refractivity contribution >= 4 is 17.3 Å². The number of nitrogens with two attached hydrogens (primary N) is 1. The Morgan fingerprint density at radius 2 is 2.06 bits per heavy atom. The molecule has 0 heterocycles. The largest absolute Gasteiger partial charge is 0.573 e. The lowest BCUT2D eigenvalue weighted by molar-refractivity contribution is -0.274. The predicted molar refractivity (Wildman–Crippen MR) is 55.1 cm³/mol. The average molecular weight is 250 g/mol. The summed E-state index contributed by atoms with van der Waals surface area (Å²) < 4.78 is 39.6. The first kappa shape index (κ1) is 12.5. The molecule has 0 aliphatic carbocycles. The van der Waals surface area contributed by atoms with Crippen molar-refractivity contribution in [2.45, 2.75) is 6.36 Å². The lowest BCUT2D eigenvalue weighted by atomic mass is 10.2. The second-order valence-electron chi connectivity index (χ2n) is 2.74. The van der Waals surface area contributed by atoms with E-state index in [1.165, 1.54) is 12.1 Å². The highest BCUT2D eigenvalue weighted by molar-refractivity contribution is 6.19. The fourth-order valence-electron chi connectivity index (χ4n) is 0.961. The molecule has 86 valence electrons. The van der Waals surface area contributed by atoms with Crippen molar-refractivity contribution < 1.29 is 17.9 Å². The van der Waals surface area contributed by atoms with E-state index in [0.717, 1.165) is 6.07 Å². The molecule has 1 aromatic rings. The molecule has 0 aliphatic rings. The second-order valence-corrected chi connectivity index (χ2v) is 3.00. The molecule has 0 bridgehead atoms.